The maximum Gasteiger partial charge on any atom is 0.416 e. The Balaban J connectivity index is 0.00000484. The van der Waals surface area contributed by atoms with Crippen molar-refractivity contribution in [3.8, 4) is 0 Å². The van der Waals surface area contributed by atoms with Gasteiger partial charge < -0.3 is 11.1 Å². The molecule has 0 saturated carbocycles. The smallest absolute Gasteiger partial charge is 0.326 e. The number of benzene rings is 1. The monoisotopic (exact) mass is 370 g/mol. The first-order valence-electron chi connectivity index (χ1n) is 7.15. The Bertz CT molecular complexity index is 498. The fraction of sp³-hybridized carbons (Fsp3) is 0.533. The Morgan fingerprint density at radius 1 is 1.26 bits per heavy atom. The maximum absolute atomic E-state index is 12.8. The molecule has 0 aliphatic heterocycles. The zero-order valence-corrected chi connectivity index (χ0v) is 14.5. The van der Waals surface area contributed by atoms with Crippen LogP contribution >= 0.6 is 24.2 Å². The molecule has 132 valence electrons. The second kappa shape index (κ2) is 10.8. The van der Waals surface area contributed by atoms with E-state index in [0.29, 0.717) is 11.3 Å². The first-order chi connectivity index (χ1) is 10.4. The van der Waals surface area contributed by atoms with Gasteiger partial charge in [0.15, 0.2) is 0 Å². The molecule has 0 aromatic heterocycles. The molecule has 0 radical (unpaired) electrons. The van der Waals surface area contributed by atoms with Crippen LogP contribution in [0.25, 0.3) is 0 Å². The number of carbonyl (C=O) groups is 1. The van der Waals surface area contributed by atoms with E-state index in [-0.39, 0.29) is 37.0 Å². The lowest BCUT2D eigenvalue weighted by atomic mass is 10.1. The van der Waals surface area contributed by atoms with Gasteiger partial charge in [-0.1, -0.05) is 13.3 Å². The molecule has 0 fully saturated rings. The van der Waals surface area contributed by atoms with Gasteiger partial charge >= 0.3 is 6.18 Å². The summed E-state index contributed by atoms with van der Waals surface area (Å²) in [5.74, 6) is 1.37. The van der Waals surface area contributed by atoms with Crippen LogP contribution in [0.2, 0.25) is 0 Å². The Labute approximate surface area is 145 Å². The summed E-state index contributed by atoms with van der Waals surface area (Å²) in [7, 11) is 0. The second-order valence-corrected chi connectivity index (χ2v) is 6.11. The van der Waals surface area contributed by atoms with E-state index in [2.05, 4.69) is 12.2 Å². The van der Waals surface area contributed by atoms with Gasteiger partial charge in [-0.15, -0.1) is 12.4 Å². The highest BCUT2D eigenvalue weighted by Crippen LogP contribution is 2.32. The lowest BCUT2D eigenvalue weighted by molar-refractivity contribution is -0.137. The number of unbranched alkanes of at least 4 members (excludes halogenated alkanes) is 1. The highest BCUT2D eigenvalue weighted by atomic mass is 35.5. The van der Waals surface area contributed by atoms with E-state index in [9.17, 15) is 18.0 Å². The third kappa shape index (κ3) is 8.48. The second-order valence-electron chi connectivity index (χ2n) is 4.88. The van der Waals surface area contributed by atoms with Gasteiger partial charge in [0.05, 0.1) is 5.56 Å². The molecule has 0 spiro atoms. The molecular weight excluding hydrogens is 349 g/mol. The molecular formula is C15H22ClF3N2OS. The first kappa shape index (κ1) is 22.1. The Morgan fingerprint density at radius 3 is 2.52 bits per heavy atom. The minimum Gasteiger partial charge on any atom is -0.326 e. The minimum atomic E-state index is -4.46. The van der Waals surface area contributed by atoms with Crippen molar-refractivity contribution < 1.29 is 18.0 Å². The van der Waals surface area contributed by atoms with Crippen LogP contribution in [0, 0.1) is 0 Å². The zero-order valence-electron chi connectivity index (χ0n) is 12.9. The number of nitrogens with two attached hydrogens (primary N) is 1. The summed E-state index contributed by atoms with van der Waals surface area (Å²) in [6.45, 7) is 2.08. The van der Waals surface area contributed by atoms with Crippen LogP contribution in [-0.4, -0.2) is 17.4 Å². The molecule has 0 aliphatic carbocycles. The normalized spacial score (nSPS) is 11.0. The highest BCUT2D eigenvalue weighted by molar-refractivity contribution is 7.99. The van der Waals surface area contributed by atoms with Gasteiger partial charge in [-0.25, -0.2) is 0 Å². The van der Waals surface area contributed by atoms with Crippen LogP contribution in [0.1, 0.15) is 37.3 Å². The van der Waals surface area contributed by atoms with Crippen molar-refractivity contribution in [2.45, 2.75) is 38.9 Å². The molecule has 1 rings (SSSR count). The number of halogens is 4. The summed E-state index contributed by atoms with van der Waals surface area (Å²) >= 11 is 1.67. The molecule has 8 heteroatoms. The van der Waals surface area contributed by atoms with E-state index in [1.807, 2.05) is 0 Å². The topological polar surface area (TPSA) is 55.1 Å². The van der Waals surface area contributed by atoms with Crippen molar-refractivity contribution >= 4 is 35.8 Å². The standard InChI is InChI=1S/C15H21F3N2OS.ClH/c1-2-3-5-22-6-4-14(21)20-13-8-11(10-19)7-12(9-13)15(16,17)18;/h7-9H,2-6,10,19H2,1H3,(H,20,21);1H. The van der Waals surface area contributed by atoms with Crippen molar-refractivity contribution in [3.05, 3.63) is 29.3 Å². The number of hydrogen-bond donors (Lipinski definition) is 2. The summed E-state index contributed by atoms with van der Waals surface area (Å²) in [6, 6.07) is 3.40. The zero-order chi connectivity index (χ0) is 16.6. The predicted octanol–water partition coefficient (Wildman–Crippen LogP) is 4.45. The molecule has 0 atom stereocenters. The maximum atomic E-state index is 12.8. The third-order valence-corrected chi connectivity index (χ3v) is 4.03. The van der Waals surface area contributed by atoms with Gasteiger partial charge in [0.1, 0.15) is 0 Å². The van der Waals surface area contributed by atoms with Crippen LogP contribution in [0.4, 0.5) is 18.9 Å². The quantitative estimate of drug-likeness (QED) is 0.665. The fourth-order valence-corrected chi connectivity index (χ4v) is 2.81. The van der Waals surface area contributed by atoms with Crippen LogP contribution in [0.5, 0.6) is 0 Å². The predicted molar refractivity (Wildman–Crippen MR) is 92.1 cm³/mol. The fourth-order valence-electron chi connectivity index (χ4n) is 1.78. The van der Waals surface area contributed by atoms with Gasteiger partial charge in [0, 0.05) is 24.4 Å². The summed E-state index contributed by atoms with van der Waals surface area (Å²) in [4.78, 5) is 11.8. The van der Waals surface area contributed by atoms with Gasteiger partial charge in [-0.05, 0) is 35.9 Å². The van der Waals surface area contributed by atoms with Crippen LogP contribution in [0.3, 0.4) is 0 Å². The van der Waals surface area contributed by atoms with Gasteiger partial charge in [0.25, 0.3) is 0 Å². The van der Waals surface area contributed by atoms with Crippen molar-refractivity contribution in [1.82, 2.24) is 0 Å². The molecule has 0 saturated heterocycles. The van der Waals surface area contributed by atoms with E-state index < -0.39 is 11.7 Å². The molecule has 3 nitrogen and oxygen atoms in total. The first-order valence-corrected chi connectivity index (χ1v) is 8.31. The van der Waals surface area contributed by atoms with Gasteiger partial charge in [0.2, 0.25) is 5.91 Å². The number of nitrogens with one attached hydrogen (secondary N) is 1. The van der Waals surface area contributed by atoms with E-state index in [1.54, 1.807) is 11.8 Å². The van der Waals surface area contributed by atoms with E-state index in [0.717, 1.165) is 30.7 Å². The molecule has 23 heavy (non-hydrogen) atoms. The highest BCUT2D eigenvalue weighted by Gasteiger charge is 2.31. The van der Waals surface area contributed by atoms with Crippen molar-refractivity contribution in [1.29, 1.82) is 0 Å². The lowest BCUT2D eigenvalue weighted by Crippen LogP contribution is -2.14. The van der Waals surface area contributed by atoms with Gasteiger partial charge in [-0.3, -0.25) is 4.79 Å². The Kier molecular flexibility index (Phi) is 10.3. The van der Waals surface area contributed by atoms with E-state index in [1.165, 1.54) is 6.07 Å². The summed E-state index contributed by atoms with van der Waals surface area (Å²) in [5.41, 5.74) is 5.08. The molecule has 3 N–H and O–H groups in total. The third-order valence-electron chi connectivity index (χ3n) is 2.96. The molecule has 0 aliphatic rings. The number of hydrogen-bond acceptors (Lipinski definition) is 3. The average molecular weight is 371 g/mol. The Morgan fingerprint density at radius 2 is 1.96 bits per heavy atom. The molecule has 1 aromatic carbocycles. The molecule has 1 aromatic rings. The van der Waals surface area contributed by atoms with Gasteiger partial charge in [-0.2, -0.15) is 24.9 Å². The number of carbonyl (C=O) groups excluding carboxylic acids is 1. The SMILES string of the molecule is CCCCSCCC(=O)Nc1cc(CN)cc(C(F)(F)F)c1.Cl. The van der Waals surface area contributed by atoms with Crippen LogP contribution in [0.15, 0.2) is 18.2 Å². The number of alkyl halides is 3. The van der Waals surface area contributed by atoms with Crippen LogP contribution in [-0.2, 0) is 17.5 Å². The number of thioether (sulfide) groups is 1. The van der Waals surface area contributed by atoms with Crippen molar-refractivity contribution in [3.63, 3.8) is 0 Å². The molecule has 0 unspecified atom stereocenters. The molecule has 0 heterocycles. The molecule has 1 amide bonds. The van der Waals surface area contributed by atoms with Crippen LogP contribution < -0.4 is 11.1 Å². The van der Waals surface area contributed by atoms with Crippen molar-refractivity contribution in [2.75, 3.05) is 16.8 Å². The van der Waals surface area contributed by atoms with E-state index >= 15 is 0 Å². The summed E-state index contributed by atoms with van der Waals surface area (Å²) in [6.07, 6.45) is -1.98. The summed E-state index contributed by atoms with van der Waals surface area (Å²) < 4.78 is 38.4. The average Bonchev–Trinajstić information content (AvgIpc) is 2.45. The number of anilines is 1. The largest absolute Gasteiger partial charge is 0.416 e. The minimum absolute atomic E-state index is 0. The lowest BCUT2D eigenvalue weighted by Gasteiger charge is -2.12. The summed E-state index contributed by atoms with van der Waals surface area (Å²) in [5, 5.41) is 2.51. The van der Waals surface area contributed by atoms with Crippen molar-refractivity contribution in [2.24, 2.45) is 5.73 Å². The molecule has 0 bridgehead atoms. The Hall–Kier alpha value is -0.920. The number of rotatable bonds is 8. The van der Waals surface area contributed by atoms with E-state index in [4.69, 9.17) is 5.73 Å². The number of amides is 1.